The molecule has 1 aliphatic heterocycles. The van der Waals surface area contributed by atoms with Gasteiger partial charge in [-0.15, -0.1) is 0 Å². The van der Waals surface area contributed by atoms with Gasteiger partial charge in [-0.25, -0.2) is 4.79 Å². The monoisotopic (exact) mass is 469 g/mol. The first-order chi connectivity index (χ1) is 14.6. The second-order valence-corrected chi connectivity index (χ2v) is 10.7. The number of alkyl carbamates (subject to hydrolysis) is 1. The van der Waals surface area contributed by atoms with Crippen molar-refractivity contribution in [2.24, 2.45) is 11.8 Å². The third kappa shape index (κ3) is 7.28. The molecule has 1 aromatic carbocycles. The maximum absolute atomic E-state index is 12.6. The second kappa shape index (κ2) is 10.4. The molecule has 0 radical (unpaired) electrons. The van der Waals surface area contributed by atoms with Crippen molar-refractivity contribution in [1.82, 2.24) is 5.32 Å². The molecule has 5 nitrogen and oxygen atoms in total. The highest BCUT2D eigenvalue weighted by Gasteiger charge is 2.40. The number of esters is 1. The Bertz CT molecular complexity index is 786. The van der Waals surface area contributed by atoms with Crippen LogP contribution < -0.4 is 5.32 Å². The van der Waals surface area contributed by atoms with Crippen molar-refractivity contribution in [3.63, 3.8) is 0 Å². The summed E-state index contributed by atoms with van der Waals surface area (Å²) in [7, 11) is 0. The maximum Gasteiger partial charge on any atom is 0.408 e. The van der Waals surface area contributed by atoms with Crippen LogP contribution in [0.25, 0.3) is 0 Å². The van der Waals surface area contributed by atoms with Gasteiger partial charge in [-0.1, -0.05) is 61.4 Å². The zero-order chi connectivity index (χ0) is 22.6. The predicted octanol–water partition coefficient (Wildman–Crippen LogP) is 6.33. The summed E-state index contributed by atoms with van der Waals surface area (Å²) >= 11 is 12.1. The molecule has 31 heavy (non-hydrogen) atoms. The standard InChI is InChI=1S/C24H33Cl2NO4/c1-24(2,3)31-23(29)27-20(13-15-7-5-4-6-8-15)21-14-17(22(28)30-21)11-16-9-10-18(25)19(26)12-16/h9-10,12,15,17,20-21H,4-8,11,13-14H2,1-3H3,(H,27,29)/t17-,20+,21+/m1/s1. The van der Waals surface area contributed by atoms with Gasteiger partial charge in [0.25, 0.3) is 0 Å². The van der Waals surface area contributed by atoms with E-state index in [-0.39, 0.29) is 24.0 Å². The van der Waals surface area contributed by atoms with Crippen molar-refractivity contribution in [2.45, 2.75) is 89.9 Å². The molecule has 0 bridgehead atoms. The lowest BCUT2D eigenvalue weighted by Gasteiger charge is -2.30. The summed E-state index contributed by atoms with van der Waals surface area (Å²) in [4.78, 5) is 25.1. The van der Waals surface area contributed by atoms with Crippen molar-refractivity contribution in [3.05, 3.63) is 33.8 Å². The first kappa shape index (κ1) is 24.2. The van der Waals surface area contributed by atoms with Gasteiger partial charge >= 0.3 is 12.1 Å². The van der Waals surface area contributed by atoms with Gasteiger partial charge in [0.2, 0.25) is 0 Å². The average Bonchev–Trinajstić information content (AvgIpc) is 3.04. The fourth-order valence-corrected chi connectivity index (χ4v) is 4.90. The number of amides is 1. The van der Waals surface area contributed by atoms with Crippen LogP contribution >= 0.6 is 23.2 Å². The SMILES string of the molecule is CC(C)(C)OC(=O)N[C@@H](CC1CCCCC1)[C@@H]1C[C@@H](Cc2ccc(Cl)c(Cl)c2)C(=O)O1. The van der Waals surface area contributed by atoms with Crippen LogP contribution in [-0.2, 0) is 20.7 Å². The van der Waals surface area contributed by atoms with Gasteiger partial charge in [0.15, 0.2) is 0 Å². The Labute approximate surface area is 195 Å². The molecule has 1 N–H and O–H groups in total. The molecule has 3 atom stereocenters. The maximum atomic E-state index is 12.6. The van der Waals surface area contributed by atoms with E-state index in [0.717, 1.165) is 24.8 Å². The largest absolute Gasteiger partial charge is 0.460 e. The first-order valence-corrected chi connectivity index (χ1v) is 12.0. The smallest absolute Gasteiger partial charge is 0.408 e. The summed E-state index contributed by atoms with van der Waals surface area (Å²) in [5.41, 5.74) is 0.364. The molecule has 1 amide bonds. The molecule has 0 spiro atoms. The van der Waals surface area contributed by atoms with Crippen LogP contribution in [0, 0.1) is 11.8 Å². The predicted molar refractivity (Wildman–Crippen MR) is 123 cm³/mol. The third-order valence-electron chi connectivity index (χ3n) is 6.05. The van der Waals surface area contributed by atoms with Gasteiger partial charge in [0, 0.05) is 0 Å². The number of rotatable bonds is 6. The minimum Gasteiger partial charge on any atom is -0.460 e. The van der Waals surface area contributed by atoms with E-state index in [4.69, 9.17) is 32.7 Å². The average molecular weight is 470 g/mol. The molecule has 0 unspecified atom stereocenters. The van der Waals surface area contributed by atoms with Crippen LogP contribution in [0.1, 0.15) is 71.3 Å². The number of halogens is 2. The van der Waals surface area contributed by atoms with E-state index in [0.29, 0.717) is 28.8 Å². The van der Waals surface area contributed by atoms with Crippen molar-refractivity contribution in [2.75, 3.05) is 0 Å². The molecule has 2 fully saturated rings. The number of hydrogen-bond donors (Lipinski definition) is 1. The van der Waals surface area contributed by atoms with Crippen LogP contribution in [-0.4, -0.2) is 29.8 Å². The lowest BCUT2D eigenvalue weighted by Crippen LogP contribution is -2.46. The van der Waals surface area contributed by atoms with Crippen LogP contribution in [0.5, 0.6) is 0 Å². The lowest BCUT2D eigenvalue weighted by atomic mass is 9.82. The molecule has 1 saturated heterocycles. The summed E-state index contributed by atoms with van der Waals surface area (Å²) in [5, 5.41) is 3.98. The van der Waals surface area contributed by atoms with Crippen molar-refractivity contribution in [3.8, 4) is 0 Å². The van der Waals surface area contributed by atoms with E-state index in [1.807, 2.05) is 26.8 Å². The summed E-state index contributed by atoms with van der Waals surface area (Å²) in [6.07, 6.45) is 7.09. The third-order valence-corrected chi connectivity index (χ3v) is 6.79. The number of carbonyl (C=O) groups is 2. The van der Waals surface area contributed by atoms with E-state index in [1.165, 1.54) is 19.3 Å². The Hall–Kier alpha value is -1.46. The van der Waals surface area contributed by atoms with Gasteiger partial charge in [0.05, 0.1) is 22.0 Å². The van der Waals surface area contributed by atoms with Gasteiger partial charge < -0.3 is 14.8 Å². The van der Waals surface area contributed by atoms with Gasteiger partial charge in [-0.2, -0.15) is 0 Å². The highest BCUT2D eigenvalue weighted by atomic mass is 35.5. The Morgan fingerprint density at radius 1 is 1.19 bits per heavy atom. The first-order valence-electron chi connectivity index (χ1n) is 11.2. The van der Waals surface area contributed by atoms with E-state index < -0.39 is 11.7 Å². The number of nitrogens with one attached hydrogen (secondary N) is 1. The molecule has 1 aromatic rings. The normalized spacial score (nSPS) is 23.3. The molecule has 1 aliphatic carbocycles. The number of cyclic esters (lactones) is 1. The van der Waals surface area contributed by atoms with Crippen molar-refractivity contribution in [1.29, 1.82) is 0 Å². The molecular formula is C24H33Cl2NO4. The second-order valence-electron chi connectivity index (χ2n) is 9.85. The summed E-state index contributed by atoms with van der Waals surface area (Å²) in [5.74, 6) is 0.0359. The summed E-state index contributed by atoms with van der Waals surface area (Å²) < 4.78 is 11.2. The van der Waals surface area contributed by atoms with Gasteiger partial charge in [-0.3, -0.25) is 4.79 Å². The number of ether oxygens (including phenoxy) is 2. The fraction of sp³-hybridized carbons (Fsp3) is 0.667. The Kier molecular flexibility index (Phi) is 8.14. The van der Waals surface area contributed by atoms with Crippen LogP contribution in [0.4, 0.5) is 4.79 Å². The quantitative estimate of drug-likeness (QED) is 0.494. The molecule has 7 heteroatoms. The molecule has 3 rings (SSSR count). The number of benzene rings is 1. The van der Waals surface area contributed by atoms with Crippen LogP contribution in [0.3, 0.4) is 0 Å². The van der Waals surface area contributed by atoms with Gasteiger partial charge in [-0.05, 0) is 63.6 Å². The molecule has 1 saturated carbocycles. The van der Waals surface area contributed by atoms with Crippen molar-refractivity contribution < 1.29 is 19.1 Å². The lowest BCUT2D eigenvalue weighted by molar-refractivity contribution is -0.145. The highest BCUT2D eigenvalue weighted by molar-refractivity contribution is 6.42. The molecular weight excluding hydrogens is 437 g/mol. The summed E-state index contributed by atoms with van der Waals surface area (Å²) in [6.45, 7) is 5.52. The number of carbonyl (C=O) groups excluding carboxylic acids is 2. The zero-order valence-corrected chi connectivity index (χ0v) is 20.1. The summed E-state index contributed by atoms with van der Waals surface area (Å²) in [6, 6.07) is 5.17. The zero-order valence-electron chi connectivity index (χ0n) is 18.6. The Morgan fingerprint density at radius 2 is 1.90 bits per heavy atom. The van der Waals surface area contributed by atoms with Crippen molar-refractivity contribution >= 4 is 35.3 Å². The molecule has 0 aromatic heterocycles. The van der Waals surface area contributed by atoms with E-state index in [2.05, 4.69) is 5.32 Å². The van der Waals surface area contributed by atoms with Crippen LogP contribution in [0.2, 0.25) is 10.0 Å². The Balaban J connectivity index is 1.67. The minimum atomic E-state index is -0.581. The fourth-order valence-electron chi connectivity index (χ4n) is 4.58. The van der Waals surface area contributed by atoms with Crippen LogP contribution in [0.15, 0.2) is 18.2 Å². The molecule has 172 valence electrons. The molecule has 1 heterocycles. The van der Waals surface area contributed by atoms with Gasteiger partial charge in [0.1, 0.15) is 11.7 Å². The van der Waals surface area contributed by atoms with E-state index >= 15 is 0 Å². The van der Waals surface area contributed by atoms with E-state index in [1.54, 1.807) is 12.1 Å². The minimum absolute atomic E-state index is 0.226. The van der Waals surface area contributed by atoms with E-state index in [9.17, 15) is 9.59 Å². The molecule has 2 aliphatic rings. The number of hydrogen-bond acceptors (Lipinski definition) is 4. The topological polar surface area (TPSA) is 64.6 Å². The Morgan fingerprint density at radius 3 is 2.55 bits per heavy atom. The highest BCUT2D eigenvalue weighted by Crippen LogP contribution is 2.34.